The summed E-state index contributed by atoms with van der Waals surface area (Å²) in [5.74, 6) is 0. The minimum absolute atomic E-state index is 0.0942. The summed E-state index contributed by atoms with van der Waals surface area (Å²) < 4.78 is 27.4. The van der Waals surface area contributed by atoms with E-state index < -0.39 is 13.5 Å². The molecule has 3 heterocycles. The highest BCUT2D eigenvalue weighted by Crippen LogP contribution is 2.70. The minimum atomic E-state index is -3.23. The average Bonchev–Trinajstić information content (AvgIpc) is 2.43. The van der Waals surface area contributed by atoms with Crippen molar-refractivity contribution in [2.75, 3.05) is 0 Å². The molecule has 4 unspecified atom stereocenters. The van der Waals surface area contributed by atoms with Gasteiger partial charge in [-0.15, -0.1) is 5.06 Å². The van der Waals surface area contributed by atoms with Gasteiger partial charge in [-0.05, 0) is 26.7 Å². The standard InChI is InChI=1S/C7H12NO4P/c1-5-3-4-6-7(2)8(5)12-13(9,10-6)11-7/h5-6H,3-4H2,1-2H3. The predicted molar refractivity (Wildman–Crippen MR) is 43.6 cm³/mol. The number of nitrogens with zero attached hydrogens (tertiary/aromatic N) is 1. The molecule has 3 saturated heterocycles. The van der Waals surface area contributed by atoms with E-state index in [2.05, 4.69) is 0 Å². The third-order valence-electron chi connectivity index (χ3n) is 3.02. The zero-order valence-electron chi connectivity index (χ0n) is 7.60. The van der Waals surface area contributed by atoms with Crippen molar-refractivity contribution in [2.24, 2.45) is 0 Å². The summed E-state index contributed by atoms with van der Waals surface area (Å²) in [4.78, 5) is 0. The van der Waals surface area contributed by atoms with E-state index in [4.69, 9.17) is 13.7 Å². The molecule has 0 aromatic rings. The average molecular weight is 205 g/mol. The molecule has 0 saturated carbocycles. The van der Waals surface area contributed by atoms with Crippen LogP contribution in [0, 0.1) is 0 Å². The van der Waals surface area contributed by atoms with Gasteiger partial charge in [0, 0.05) is 6.04 Å². The van der Waals surface area contributed by atoms with Crippen molar-refractivity contribution in [1.82, 2.24) is 5.06 Å². The fraction of sp³-hybridized carbons (Fsp3) is 1.00. The van der Waals surface area contributed by atoms with Crippen LogP contribution in [-0.2, 0) is 18.2 Å². The fourth-order valence-electron chi connectivity index (χ4n) is 2.32. The first-order chi connectivity index (χ1) is 6.04. The van der Waals surface area contributed by atoms with Crippen LogP contribution in [0.5, 0.6) is 0 Å². The lowest BCUT2D eigenvalue weighted by molar-refractivity contribution is -0.250. The largest absolute Gasteiger partial charge is 0.494 e. The molecule has 0 amide bonds. The molecule has 6 heteroatoms. The van der Waals surface area contributed by atoms with Crippen LogP contribution in [0.3, 0.4) is 0 Å². The molecule has 0 aromatic carbocycles. The van der Waals surface area contributed by atoms with Gasteiger partial charge in [-0.25, -0.2) is 4.57 Å². The Balaban J connectivity index is 2.06. The van der Waals surface area contributed by atoms with Crippen molar-refractivity contribution in [3.63, 3.8) is 0 Å². The van der Waals surface area contributed by atoms with Gasteiger partial charge in [-0.1, -0.05) is 0 Å². The van der Waals surface area contributed by atoms with E-state index in [1.54, 1.807) is 5.06 Å². The van der Waals surface area contributed by atoms with Crippen LogP contribution in [0.1, 0.15) is 26.7 Å². The molecule has 0 aliphatic carbocycles. The van der Waals surface area contributed by atoms with Crippen molar-refractivity contribution in [3.05, 3.63) is 0 Å². The second kappa shape index (κ2) is 2.18. The smallest absolute Gasteiger partial charge is 0.278 e. The molecule has 74 valence electrons. The monoisotopic (exact) mass is 205 g/mol. The van der Waals surface area contributed by atoms with Gasteiger partial charge >= 0.3 is 7.82 Å². The molecule has 0 spiro atoms. The summed E-state index contributed by atoms with van der Waals surface area (Å²) in [7, 11) is -3.23. The quantitative estimate of drug-likeness (QED) is 0.563. The summed E-state index contributed by atoms with van der Waals surface area (Å²) in [5.41, 5.74) is -0.618. The highest BCUT2D eigenvalue weighted by molar-refractivity contribution is 7.49. The van der Waals surface area contributed by atoms with Crippen LogP contribution in [0.4, 0.5) is 0 Å². The Morgan fingerprint density at radius 3 is 2.92 bits per heavy atom. The predicted octanol–water partition coefficient (Wildman–Crippen LogP) is 1.66. The van der Waals surface area contributed by atoms with Gasteiger partial charge in [0.15, 0.2) is 5.72 Å². The van der Waals surface area contributed by atoms with E-state index in [0.717, 1.165) is 12.8 Å². The zero-order chi connectivity index (χ0) is 9.27. The van der Waals surface area contributed by atoms with Gasteiger partial charge < -0.3 is 0 Å². The van der Waals surface area contributed by atoms with E-state index >= 15 is 0 Å². The highest BCUT2D eigenvalue weighted by Gasteiger charge is 2.68. The number of piperidine rings is 1. The molecule has 3 fully saturated rings. The van der Waals surface area contributed by atoms with E-state index in [-0.39, 0.29) is 12.1 Å². The first kappa shape index (κ1) is 8.38. The zero-order valence-corrected chi connectivity index (χ0v) is 8.49. The molecule has 5 nitrogen and oxygen atoms in total. The molecule has 0 radical (unpaired) electrons. The summed E-state index contributed by atoms with van der Waals surface area (Å²) in [5, 5.41) is 1.70. The number of hydrogen-bond donors (Lipinski definition) is 0. The SMILES string of the molecule is CC1CCC2OP3(=O)ON1C2(C)O3. The summed E-state index contributed by atoms with van der Waals surface area (Å²) in [6.07, 6.45) is 1.79. The highest BCUT2D eigenvalue weighted by atomic mass is 31.2. The molecule has 3 aliphatic heterocycles. The Morgan fingerprint density at radius 1 is 1.54 bits per heavy atom. The maximum absolute atomic E-state index is 11.7. The Labute approximate surface area is 76.5 Å². The molecule has 0 aromatic heterocycles. The first-order valence-electron chi connectivity index (χ1n) is 4.52. The Bertz CT molecular complexity index is 309. The lowest BCUT2D eigenvalue weighted by Crippen LogP contribution is -2.58. The molecule has 2 bridgehead atoms. The molecule has 4 atom stereocenters. The van der Waals surface area contributed by atoms with Gasteiger partial charge in [0.05, 0.1) is 0 Å². The van der Waals surface area contributed by atoms with Crippen molar-refractivity contribution in [3.8, 4) is 0 Å². The second-order valence-electron chi connectivity index (χ2n) is 4.02. The second-order valence-corrected chi connectivity index (χ2v) is 5.47. The van der Waals surface area contributed by atoms with Crippen molar-refractivity contribution >= 4 is 7.82 Å². The van der Waals surface area contributed by atoms with E-state index in [9.17, 15) is 4.57 Å². The lowest BCUT2D eigenvalue weighted by Gasteiger charge is -2.43. The maximum Gasteiger partial charge on any atom is 0.494 e. The lowest BCUT2D eigenvalue weighted by atomic mass is 9.94. The van der Waals surface area contributed by atoms with Crippen LogP contribution in [0.2, 0.25) is 0 Å². The molecule has 0 N–H and O–H groups in total. The third kappa shape index (κ3) is 0.891. The van der Waals surface area contributed by atoms with Crippen molar-refractivity contribution in [1.29, 1.82) is 0 Å². The number of phosphoric ester groups is 1. The first-order valence-corrected chi connectivity index (χ1v) is 5.98. The van der Waals surface area contributed by atoms with Gasteiger partial charge in [0.25, 0.3) is 0 Å². The van der Waals surface area contributed by atoms with Gasteiger partial charge in [0.2, 0.25) is 0 Å². The van der Waals surface area contributed by atoms with E-state index in [1.807, 2.05) is 13.8 Å². The van der Waals surface area contributed by atoms with E-state index in [0.29, 0.717) is 0 Å². The number of rotatable bonds is 0. The minimum Gasteiger partial charge on any atom is -0.278 e. The van der Waals surface area contributed by atoms with Crippen molar-refractivity contribution < 1.29 is 18.2 Å². The molecule has 13 heavy (non-hydrogen) atoms. The van der Waals surface area contributed by atoms with Crippen LogP contribution >= 0.6 is 7.82 Å². The summed E-state index contributed by atoms with van der Waals surface area (Å²) in [6.45, 7) is 3.92. The normalized spacial score (nSPS) is 60.2. The van der Waals surface area contributed by atoms with Crippen LogP contribution in [-0.4, -0.2) is 22.9 Å². The number of phosphoric acid groups is 1. The number of fused-ring (bicyclic) bond motifs is 1. The van der Waals surface area contributed by atoms with Crippen LogP contribution in [0.15, 0.2) is 0 Å². The Kier molecular flexibility index (Phi) is 1.40. The Morgan fingerprint density at radius 2 is 2.31 bits per heavy atom. The number of hydrogen-bond acceptors (Lipinski definition) is 5. The summed E-state index contributed by atoms with van der Waals surface area (Å²) >= 11 is 0. The summed E-state index contributed by atoms with van der Waals surface area (Å²) in [6, 6.07) is 0.251. The maximum atomic E-state index is 11.7. The van der Waals surface area contributed by atoms with Crippen LogP contribution in [0.25, 0.3) is 0 Å². The fourth-order valence-corrected chi connectivity index (χ4v) is 4.23. The third-order valence-corrected chi connectivity index (χ3v) is 4.50. The molecular weight excluding hydrogens is 193 g/mol. The van der Waals surface area contributed by atoms with Gasteiger partial charge in [0.1, 0.15) is 6.10 Å². The van der Waals surface area contributed by atoms with Gasteiger partial charge in [-0.3, -0.25) is 9.05 Å². The molecular formula is C7H12NO4P. The Hall–Kier alpha value is 0.0700. The molecule has 3 rings (SSSR count). The topological polar surface area (TPSA) is 48.0 Å². The number of hydroxylamine groups is 2. The van der Waals surface area contributed by atoms with Crippen molar-refractivity contribution in [2.45, 2.75) is 44.6 Å². The van der Waals surface area contributed by atoms with Crippen LogP contribution < -0.4 is 0 Å². The van der Waals surface area contributed by atoms with Gasteiger partial charge in [-0.2, -0.15) is 4.62 Å². The van der Waals surface area contributed by atoms with E-state index in [1.165, 1.54) is 0 Å². The molecule has 3 aliphatic rings.